The maximum absolute atomic E-state index is 9.85. The summed E-state index contributed by atoms with van der Waals surface area (Å²) in [6.07, 6.45) is 3.54. The van der Waals surface area contributed by atoms with Gasteiger partial charge >= 0.3 is 0 Å². The van der Waals surface area contributed by atoms with Crippen LogP contribution in [0.25, 0.3) is 22.4 Å². The molecule has 2 heterocycles. The van der Waals surface area contributed by atoms with E-state index in [1.807, 2.05) is 25.1 Å². The van der Waals surface area contributed by atoms with E-state index in [0.29, 0.717) is 5.75 Å². The number of pyridine rings is 1. The molecular formula is C15H15N3O. The number of phenols is 1. The first kappa shape index (κ1) is 11.7. The smallest absolute Gasteiger partial charge is 0.141 e. The Balaban J connectivity index is 2.33. The molecule has 0 spiro atoms. The molecule has 0 amide bonds. The Labute approximate surface area is 111 Å². The third-order valence-electron chi connectivity index (χ3n) is 3.41. The monoisotopic (exact) mass is 253 g/mol. The van der Waals surface area contributed by atoms with Gasteiger partial charge in [-0.05, 0) is 26.0 Å². The zero-order valence-corrected chi connectivity index (χ0v) is 11.0. The van der Waals surface area contributed by atoms with E-state index in [2.05, 4.69) is 21.5 Å². The number of aromatic hydroxyl groups is 1. The number of rotatable bonds is 2. The van der Waals surface area contributed by atoms with Gasteiger partial charge in [0.2, 0.25) is 0 Å². The number of imidazole rings is 1. The number of aryl methyl sites for hydroxylation is 1. The predicted octanol–water partition coefficient (Wildman–Crippen LogP) is 3.13. The van der Waals surface area contributed by atoms with Crippen LogP contribution in [0.3, 0.4) is 0 Å². The highest BCUT2D eigenvalue weighted by Crippen LogP contribution is 2.30. The average Bonchev–Trinajstić information content (AvgIpc) is 2.80. The SMILES string of the molecule is CCn1c(-c2cccc(O)c2C)nc2cnccc21. The fourth-order valence-corrected chi connectivity index (χ4v) is 2.37. The fraction of sp³-hybridized carbons (Fsp3) is 0.200. The quantitative estimate of drug-likeness (QED) is 0.763. The molecule has 19 heavy (non-hydrogen) atoms. The molecule has 0 fully saturated rings. The van der Waals surface area contributed by atoms with Crippen molar-refractivity contribution in [3.05, 3.63) is 42.2 Å². The van der Waals surface area contributed by atoms with Crippen molar-refractivity contribution in [2.45, 2.75) is 20.4 Å². The van der Waals surface area contributed by atoms with Gasteiger partial charge in [0.05, 0.1) is 11.7 Å². The zero-order chi connectivity index (χ0) is 13.4. The Morgan fingerprint density at radius 1 is 1.26 bits per heavy atom. The van der Waals surface area contributed by atoms with Crippen molar-refractivity contribution in [1.29, 1.82) is 0 Å². The van der Waals surface area contributed by atoms with Crippen molar-refractivity contribution >= 4 is 11.0 Å². The summed E-state index contributed by atoms with van der Waals surface area (Å²) in [6.45, 7) is 4.82. The molecule has 0 atom stereocenters. The molecule has 4 heteroatoms. The lowest BCUT2D eigenvalue weighted by atomic mass is 10.1. The summed E-state index contributed by atoms with van der Waals surface area (Å²) in [4.78, 5) is 8.76. The van der Waals surface area contributed by atoms with Crippen molar-refractivity contribution in [2.24, 2.45) is 0 Å². The van der Waals surface area contributed by atoms with E-state index in [4.69, 9.17) is 0 Å². The molecule has 0 aliphatic heterocycles. The first-order valence-corrected chi connectivity index (χ1v) is 6.31. The Morgan fingerprint density at radius 2 is 2.11 bits per heavy atom. The topological polar surface area (TPSA) is 50.9 Å². The van der Waals surface area contributed by atoms with Gasteiger partial charge in [-0.25, -0.2) is 4.98 Å². The van der Waals surface area contributed by atoms with Gasteiger partial charge in [0.1, 0.15) is 17.1 Å². The standard InChI is InChI=1S/C15H15N3O/c1-3-18-13-7-8-16-9-12(13)17-15(18)11-5-4-6-14(19)10(11)2/h4-9,19H,3H2,1-2H3. The molecule has 4 nitrogen and oxygen atoms in total. The lowest BCUT2D eigenvalue weighted by Crippen LogP contribution is -1.98. The maximum Gasteiger partial charge on any atom is 0.141 e. The molecule has 0 aliphatic rings. The highest BCUT2D eigenvalue weighted by Gasteiger charge is 2.14. The van der Waals surface area contributed by atoms with Crippen molar-refractivity contribution in [2.75, 3.05) is 0 Å². The molecule has 1 aromatic carbocycles. The minimum Gasteiger partial charge on any atom is -0.508 e. The number of benzene rings is 1. The normalized spacial score (nSPS) is 11.1. The van der Waals surface area contributed by atoms with Crippen LogP contribution in [-0.2, 0) is 6.54 Å². The lowest BCUT2D eigenvalue weighted by molar-refractivity contribution is 0.471. The Hall–Kier alpha value is -2.36. The molecule has 2 aromatic heterocycles. The van der Waals surface area contributed by atoms with E-state index in [1.165, 1.54) is 0 Å². The first-order chi connectivity index (χ1) is 9.22. The highest BCUT2D eigenvalue weighted by molar-refractivity contribution is 5.80. The second kappa shape index (κ2) is 4.39. The van der Waals surface area contributed by atoms with Crippen LogP contribution in [0.5, 0.6) is 5.75 Å². The summed E-state index contributed by atoms with van der Waals surface area (Å²) >= 11 is 0. The molecule has 96 valence electrons. The van der Waals surface area contributed by atoms with Crippen LogP contribution in [0, 0.1) is 6.92 Å². The molecule has 1 N–H and O–H groups in total. The number of nitrogens with zero attached hydrogens (tertiary/aromatic N) is 3. The van der Waals surface area contributed by atoms with Gasteiger partial charge in [0.15, 0.2) is 0 Å². The summed E-state index contributed by atoms with van der Waals surface area (Å²) < 4.78 is 2.14. The number of hydrogen-bond acceptors (Lipinski definition) is 3. The summed E-state index contributed by atoms with van der Waals surface area (Å²) in [6, 6.07) is 7.48. The van der Waals surface area contributed by atoms with E-state index in [9.17, 15) is 5.11 Å². The summed E-state index contributed by atoms with van der Waals surface area (Å²) in [5.41, 5.74) is 3.75. The van der Waals surface area contributed by atoms with Gasteiger partial charge < -0.3 is 9.67 Å². The van der Waals surface area contributed by atoms with Crippen molar-refractivity contribution in [3.63, 3.8) is 0 Å². The van der Waals surface area contributed by atoms with Gasteiger partial charge in [0.25, 0.3) is 0 Å². The third-order valence-corrected chi connectivity index (χ3v) is 3.41. The Bertz CT molecular complexity index is 746. The number of phenolic OH excluding ortho intramolecular Hbond substituents is 1. The van der Waals surface area contributed by atoms with Crippen LogP contribution >= 0.6 is 0 Å². The van der Waals surface area contributed by atoms with E-state index < -0.39 is 0 Å². The van der Waals surface area contributed by atoms with E-state index in [-0.39, 0.29) is 0 Å². The minimum absolute atomic E-state index is 0.297. The number of hydrogen-bond donors (Lipinski definition) is 1. The van der Waals surface area contributed by atoms with Crippen LogP contribution in [0.1, 0.15) is 12.5 Å². The van der Waals surface area contributed by atoms with E-state index >= 15 is 0 Å². The van der Waals surface area contributed by atoms with E-state index in [0.717, 1.165) is 34.5 Å². The molecule has 3 rings (SSSR count). The molecule has 0 bridgehead atoms. The van der Waals surface area contributed by atoms with Gasteiger partial charge in [-0.3, -0.25) is 4.98 Å². The summed E-state index contributed by atoms with van der Waals surface area (Å²) in [7, 11) is 0. The van der Waals surface area contributed by atoms with Crippen LogP contribution in [0.15, 0.2) is 36.7 Å². The van der Waals surface area contributed by atoms with Crippen molar-refractivity contribution in [1.82, 2.24) is 14.5 Å². The molecule has 3 aromatic rings. The fourth-order valence-electron chi connectivity index (χ4n) is 2.37. The largest absolute Gasteiger partial charge is 0.508 e. The minimum atomic E-state index is 0.297. The molecule has 0 saturated carbocycles. The number of fused-ring (bicyclic) bond motifs is 1. The van der Waals surface area contributed by atoms with Crippen LogP contribution in [-0.4, -0.2) is 19.6 Å². The average molecular weight is 253 g/mol. The second-order valence-corrected chi connectivity index (χ2v) is 4.49. The predicted molar refractivity (Wildman–Crippen MR) is 75.0 cm³/mol. The lowest BCUT2D eigenvalue weighted by Gasteiger charge is -2.09. The molecule has 0 radical (unpaired) electrons. The number of aromatic nitrogens is 3. The summed E-state index contributed by atoms with van der Waals surface area (Å²) in [5, 5.41) is 9.85. The molecule has 0 unspecified atom stereocenters. The Morgan fingerprint density at radius 3 is 2.89 bits per heavy atom. The first-order valence-electron chi connectivity index (χ1n) is 6.31. The molecule has 0 saturated heterocycles. The van der Waals surface area contributed by atoms with Crippen molar-refractivity contribution in [3.8, 4) is 17.1 Å². The zero-order valence-electron chi connectivity index (χ0n) is 11.0. The van der Waals surface area contributed by atoms with Gasteiger partial charge in [0, 0.05) is 23.9 Å². The molecular weight excluding hydrogens is 238 g/mol. The third kappa shape index (κ3) is 1.76. The second-order valence-electron chi connectivity index (χ2n) is 4.49. The Kier molecular flexibility index (Phi) is 2.71. The van der Waals surface area contributed by atoms with Gasteiger partial charge in [-0.15, -0.1) is 0 Å². The highest BCUT2D eigenvalue weighted by atomic mass is 16.3. The maximum atomic E-state index is 9.85. The van der Waals surface area contributed by atoms with Gasteiger partial charge in [-0.1, -0.05) is 12.1 Å². The molecule has 0 aliphatic carbocycles. The van der Waals surface area contributed by atoms with Crippen LogP contribution < -0.4 is 0 Å². The summed E-state index contributed by atoms with van der Waals surface area (Å²) in [5.74, 6) is 1.17. The van der Waals surface area contributed by atoms with Crippen LogP contribution in [0.2, 0.25) is 0 Å². The van der Waals surface area contributed by atoms with Crippen LogP contribution in [0.4, 0.5) is 0 Å². The van der Waals surface area contributed by atoms with E-state index in [1.54, 1.807) is 18.5 Å². The van der Waals surface area contributed by atoms with Crippen molar-refractivity contribution < 1.29 is 5.11 Å². The van der Waals surface area contributed by atoms with Gasteiger partial charge in [-0.2, -0.15) is 0 Å².